The number of anilines is 3. The number of amides is 1. The minimum Gasteiger partial charge on any atom is -0.497 e. The molecule has 0 radical (unpaired) electrons. The number of ether oxygens (including phenoxy) is 1. The molecule has 150 valence electrons. The lowest BCUT2D eigenvalue weighted by Crippen LogP contribution is -2.23. The molecule has 2 aromatic heterocycles. The number of nitrogens with zero attached hydrogens (tertiary/aromatic N) is 4. The highest BCUT2D eigenvalue weighted by atomic mass is 16.5. The molecule has 30 heavy (non-hydrogen) atoms. The number of methoxy groups -OCH3 is 1. The Hall–Kier alpha value is -3.87. The Morgan fingerprint density at radius 2 is 1.83 bits per heavy atom. The summed E-state index contributed by atoms with van der Waals surface area (Å²) in [7, 11) is 1.66. The first-order valence-corrected chi connectivity index (χ1v) is 9.87. The third kappa shape index (κ3) is 3.24. The van der Waals surface area contributed by atoms with Crippen LogP contribution in [-0.2, 0) is 4.79 Å². The molecular weight excluding hydrogens is 378 g/mol. The molecule has 1 amide bonds. The smallest absolute Gasteiger partial charge is 0.227 e. The molecule has 2 aromatic carbocycles. The molecule has 0 unspecified atom stereocenters. The first-order chi connectivity index (χ1) is 14.7. The number of hydrogen-bond donors (Lipinski definition) is 1. The average molecular weight is 399 g/mol. The molecule has 0 spiro atoms. The van der Waals surface area contributed by atoms with E-state index in [1.165, 1.54) is 0 Å². The fourth-order valence-electron chi connectivity index (χ4n) is 3.77. The summed E-state index contributed by atoms with van der Waals surface area (Å²) < 4.78 is 7.25. The molecule has 1 fully saturated rings. The van der Waals surface area contributed by atoms with E-state index in [1.54, 1.807) is 13.3 Å². The summed E-state index contributed by atoms with van der Waals surface area (Å²) >= 11 is 0. The van der Waals surface area contributed by atoms with E-state index in [-0.39, 0.29) is 5.91 Å². The van der Waals surface area contributed by atoms with Crippen LogP contribution in [0.3, 0.4) is 0 Å². The van der Waals surface area contributed by atoms with Crippen LogP contribution in [0.4, 0.5) is 17.2 Å². The zero-order valence-corrected chi connectivity index (χ0v) is 16.6. The minimum absolute atomic E-state index is 0.186. The number of hydrogen-bond acceptors (Lipinski definition) is 5. The number of aromatic nitrogens is 3. The standard InChI is InChI=1S/C23H21N5O2/c1-30-19-10-4-16(5-11-19)20-15-25-23-22(24-12-14-28(20)23)26-17-6-8-18(9-7-17)27-13-2-3-21(27)29/h4-12,14-15H,2-3,13H2,1H3,(H,24,26). The Bertz CT molecular complexity index is 1200. The van der Waals surface area contributed by atoms with E-state index in [4.69, 9.17) is 4.74 Å². The van der Waals surface area contributed by atoms with Crippen LogP contribution in [0.2, 0.25) is 0 Å². The molecule has 1 N–H and O–H groups in total. The maximum Gasteiger partial charge on any atom is 0.227 e. The van der Waals surface area contributed by atoms with E-state index < -0.39 is 0 Å². The summed E-state index contributed by atoms with van der Waals surface area (Å²) in [6, 6.07) is 15.7. The van der Waals surface area contributed by atoms with Gasteiger partial charge in [0.05, 0.1) is 19.0 Å². The van der Waals surface area contributed by atoms with Gasteiger partial charge in [0.2, 0.25) is 5.91 Å². The quantitative estimate of drug-likeness (QED) is 0.542. The lowest BCUT2D eigenvalue weighted by atomic mass is 10.1. The maximum atomic E-state index is 11.9. The van der Waals surface area contributed by atoms with Crippen molar-refractivity contribution in [3.8, 4) is 17.0 Å². The van der Waals surface area contributed by atoms with Gasteiger partial charge in [0.15, 0.2) is 11.5 Å². The Morgan fingerprint density at radius 1 is 1.03 bits per heavy atom. The van der Waals surface area contributed by atoms with Crippen LogP contribution in [0.1, 0.15) is 12.8 Å². The second kappa shape index (κ2) is 7.51. The van der Waals surface area contributed by atoms with E-state index >= 15 is 0 Å². The summed E-state index contributed by atoms with van der Waals surface area (Å²) in [6.45, 7) is 0.786. The summed E-state index contributed by atoms with van der Waals surface area (Å²) in [5.74, 6) is 1.67. The third-order valence-corrected chi connectivity index (χ3v) is 5.33. The SMILES string of the molecule is COc1ccc(-c2cnc3c(Nc4ccc(N5CCCC5=O)cc4)nccn23)cc1. The van der Waals surface area contributed by atoms with E-state index in [9.17, 15) is 4.79 Å². The number of carbonyl (C=O) groups is 1. The highest BCUT2D eigenvalue weighted by Gasteiger charge is 2.21. The molecule has 0 atom stereocenters. The number of fused-ring (bicyclic) bond motifs is 1. The fraction of sp³-hybridized carbons (Fsp3) is 0.174. The minimum atomic E-state index is 0.186. The molecule has 0 saturated carbocycles. The van der Waals surface area contributed by atoms with Crippen molar-refractivity contribution >= 4 is 28.7 Å². The first kappa shape index (κ1) is 18.2. The number of imidazole rings is 1. The molecule has 7 nitrogen and oxygen atoms in total. The lowest BCUT2D eigenvalue weighted by molar-refractivity contribution is -0.117. The van der Waals surface area contributed by atoms with Gasteiger partial charge in [-0.15, -0.1) is 0 Å². The molecule has 5 rings (SSSR count). The number of carbonyl (C=O) groups excluding carboxylic acids is 1. The monoisotopic (exact) mass is 399 g/mol. The Kier molecular flexibility index (Phi) is 4.55. The molecule has 1 aliphatic rings. The molecule has 0 aliphatic carbocycles. The van der Waals surface area contributed by atoms with Gasteiger partial charge in [0.1, 0.15) is 5.75 Å². The van der Waals surface area contributed by atoms with Crippen molar-refractivity contribution in [3.05, 3.63) is 67.1 Å². The van der Waals surface area contributed by atoms with E-state index in [1.807, 2.05) is 70.2 Å². The van der Waals surface area contributed by atoms with Crippen molar-refractivity contribution in [3.63, 3.8) is 0 Å². The van der Waals surface area contributed by atoms with Gasteiger partial charge in [-0.25, -0.2) is 9.97 Å². The van der Waals surface area contributed by atoms with Crippen LogP contribution in [0.25, 0.3) is 16.9 Å². The average Bonchev–Trinajstić information content (AvgIpc) is 3.41. The van der Waals surface area contributed by atoms with Gasteiger partial charge in [-0.1, -0.05) is 0 Å². The zero-order chi connectivity index (χ0) is 20.5. The summed E-state index contributed by atoms with van der Waals surface area (Å²) in [6.07, 6.45) is 7.03. The second-order valence-corrected chi connectivity index (χ2v) is 7.16. The lowest BCUT2D eigenvalue weighted by Gasteiger charge is -2.16. The van der Waals surface area contributed by atoms with E-state index in [0.29, 0.717) is 12.2 Å². The molecule has 0 bridgehead atoms. The summed E-state index contributed by atoms with van der Waals surface area (Å²) in [5, 5.41) is 3.34. The molecule has 7 heteroatoms. The van der Waals surface area contributed by atoms with Crippen LogP contribution in [0, 0.1) is 0 Å². The van der Waals surface area contributed by atoms with Gasteiger partial charge in [-0.2, -0.15) is 0 Å². The van der Waals surface area contributed by atoms with Crippen molar-refractivity contribution in [1.82, 2.24) is 14.4 Å². The fourth-order valence-corrected chi connectivity index (χ4v) is 3.77. The third-order valence-electron chi connectivity index (χ3n) is 5.33. The van der Waals surface area contributed by atoms with Gasteiger partial charge < -0.3 is 15.0 Å². The predicted molar refractivity (Wildman–Crippen MR) is 116 cm³/mol. The largest absolute Gasteiger partial charge is 0.497 e. The second-order valence-electron chi connectivity index (χ2n) is 7.16. The predicted octanol–water partition coefficient (Wildman–Crippen LogP) is 4.28. The normalized spacial score (nSPS) is 13.8. The number of benzene rings is 2. The van der Waals surface area contributed by atoms with Gasteiger partial charge in [-0.05, 0) is 55.0 Å². The summed E-state index contributed by atoms with van der Waals surface area (Å²) in [5.41, 5.74) is 4.57. The topological polar surface area (TPSA) is 71.8 Å². The molecule has 1 aliphatic heterocycles. The maximum absolute atomic E-state index is 11.9. The Labute approximate surface area is 174 Å². The Balaban J connectivity index is 1.42. The Morgan fingerprint density at radius 3 is 2.53 bits per heavy atom. The van der Waals surface area contributed by atoms with E-state index in [0.717, 1.165) is 47.0 Å². The van der Waals surface area contributed by atoms with Crippen molar-refractivity contribution in [1.29, 1.82) is 0 Å². The zero-order valence-electron chi connectivity index (χ0n) is 16.6. The van der Waals surface area contributed by atoms with Crippen LogP contribution in [-0.4, -0.2) is 33.9 Å². The number of rotatable bonds is 5. The van der Waals surface area contributed by atoms with Crippen LogP contribution in [0.5, 0.6) is 5.75 Å². The highest BCUT2D eigenvalue weighted by molar-refractivity contribution is 5.95. The first-order valence-electron chi connectivity index (χ1n) is 9.87. The molecular formula is C23H21N5O2. The van der Waals surface area contributed by atoms with Crippen molar-refractivity contribution in [2.24, 2.45) is 0 Å². The van der Waals surface area contributed by atoms with Gasteiger partial charge in [-0.3, -0.25) is 9.20 Å². The van der Waals surface area contributed by atoms with Crippen molar-refractivity contribution in [2.75, 3.05) is 23.9 Å². The van der Waals surface area contributed by atoms with Crippen LogP contribution < -0.4 is 15.0 Å². The molecule has 4 aromatic rings. The van der Waals surface area contributed by atoms with Crippen molar-refractivity contribution < 1.29 is 9.53 Å². The van der Waals surface area contributed by atoms with Gasteiger partial charge in [0.25, 0.3) is 0 Å². The molecule has 1 saturated heterocycles. The summed E-state index contributed by atoms with van der Waals surface area (Å²) in [4.78, 5) is 22.8. The number of nitrogens with one attached hydrogen (secondary N) is 1. The van der Waals surface area contributed by atoms with Crippen LogP contribution >= 0.6 is 0 Å². The van der Waals surface area contributed by atoms with Crippen LogP contribution in [0.15, 0.2) is 67.1 Å². The van der Waals surface area contributed by atoms with Crippen molar-refractivity contribution in [2.45, 2.75) is 12.8 Å². The van der Waals surface area contributed by atoms with E-state index in [2.05, 4.69) is 15.3 Å². The van der Waals surface area contributed by atoms with Gasteiger partial charge in [0, 0.05) is 42.3 Å². The highest BCUT2D eigenvalue weighted by Crippen LogP contribution is 2.28. The molecule has 3 heterocycles. The van der Waals surface area contributed by atoms with Gasteiger partial charge >= 0.3 is 0 Å².